The Hall–Kier alpha value is -11.3. The van der Waals surface area contributed by atoms with Gasteiger partial charge in [-0.1, -0.05) is 190 Å². The van der Waals surface area contributed by atoms with Gasteiger partial charge in [0.25, 0.3) is 0 Å². The number of carboxylic acids is 4. The van der Waals surface area contributed by atoms with Gasteiger partial charge in [0.05, 0.1) is 51.5 Å². The third-order valence-electron chi connectivity index (χ3n) is 23.6. The highest BCUT2D eigenvalue weighted by molar-refractivity contribution is 5.95. The van der Waals surface area contributed by atoms with E-state index < -0.39 is 35.8 Å². The smallest absolute Gasteiger partial charge is 0.308 e. The van der Waals surface area contributed by atoms with Gasteiger partial charge in [-0.25, -0.2) is 4.39 Å². The lowest BCUT2D eigenvalue weighted by atomic mass is 9.83. The van der Waals surface area contributed by atoms with Crippen molar-refractivity contribution >= 4 is 35.5 Å². The Bertz CT molecular complexity index is 4250. The molecule has 4 saturated heterocycles. The van der Waals surface area contributed by atoms with Crippen molar-refractivity contribution in [2.24, 2.45) is 23.7 Å². The lowest BCUT2D eigenvalue weighted by molar-refractivity contribution is -0.144. The predicted octanol–water partition coefficient (Wildman–Crippen LogP) is 17.2. The summed E-state index contributed by atoms with van der Waals surface area (Å²) in [5, 5.41) is 38.9. The minimum Gasteiger partial charge on any atom is -0.497 e. The average Bonchev–Trinajstić information content (AvgIpc) is 1.64. The number of para-hydroxylation sites is 1. The van der Waals surface area contributed by atoms with Crippen LogP contribution in [0, 0.1) is 36.4 Å². The minimum atomic E-state index is -0.911. The van der Waals surface area contributed by atoms with Gasteiger partial charge in [0.2, 0.25) is 19.5 Å². The SMILES string of the molecule is CCCC(CCC)N(C(=O)CN1C[C@H](c2ccc3c(c2)OCO3)[C@@H](C(=O)O)[C@@H]1CCc1cccc2c1OCO2)c1ccc(F)c(C)c1.COc1ccc([C@H]2CN(C)[C@@H](C)[C@@H]2C(=O)O)cc1.COc1ccc([C@H]2CN(C)[C@@H](C)[C@@H]2C(=O)O)cc1.COc1ccc([C@H]2CN(C)[C@@H](C)[C@@H]2C(=O)O)cc1.c1ccccc1.c1ccccc1.c1ccccc1. The van der Waals surface area contributed by atoms with Crippen LogP contribution < -0.4 is 38.1 Å². The van der Waals surface area contributed by atoms with Crippen LogP contribution in [0.5, 0.6) is 40.2 Å². The van der Waals surface area contributed by atoms with Crippen LogP contribution in [0.15, 0.2) is 237 Å². The van der Waals surface area contributed by atoms with E-state index in [1.165, 1.54) is 6.07 Å². The highest BCUT2D eigenvalue weighted by Gasteiger charge is 2.49. The Balaban J connectivity index is 0.000000184. The molecule has 119 heavy (non-hydrogen) atoms. The zero-order valence-corrected chi connectivity index (χ0v) is 70.5. The molecule has 1 amide bonds. The lowest BCUT2D eigenvalue weighted by Crippen LogP contribution is -2.48. The zero-order valence-electron chi connectivity index (χ0n) is 70.5. The number of ether oxygens (including phenoxy) is 7. The quantitative estimate of drug-likeness (QED) is 0.0492. The van der Waals surface area contributed by atoms with Gasteiger partial charge < -0.3 is 73.2 Å². The van der Waals surface area contributed by atoms with E-state index in [2.05, 4.69) is 28.5 Å². The summed E-state index contributed by atoms with van der Waals surface area (Å²) < 4.78 is 52.2. The normalized spacial score (nSPS) is 21.9. The second kappa shape index (κ2) is 45.6. The van der Waals surface area contributed by atoms with Gasteiger partial charge in [0, 0.05) is 85.7 Å². The van der Waals surface area contributed by atoms with E-state index in [4.69, 9.17) is 33.2 Å². The Morgan fingerprint density at radius 2 is 0.815 bits per heavy atom. The molecule has 6 aliphatic heterocycles. The Morgan fingerprint density at radius 3 is 1.19 bits per heavy atom. The van der Waals surface area contributed by atoms with E-state index >= 15 is 0 Å². The number of nitrogens with zero attached hydrogens (tertiary/aromatic N) is 5. The molecule has 0 bridgehead atoms. The first-order valence-corrected chi connectivity index (χ1v) is 40.9. The number of aliphatic carboxylic acids is 4. The Morgan fingerprint density at radius 1 is 0.445 bits per heavy atom. The molecular formula is C97H118FN5O16. The number of likely N-dealkylation sites (N-methyl/N-ethyl adjacent to an activating group) is 3. The topological polar surface area (TPSA) is 247 Å². The van der Waals surface area contributed by atoms with E-state index in [1.54, 1.807) is 40.4 Å². The van der Waals surface area contributed by atoms with Crippen molar-refractivity contribution < 1.29 is 81.9 Å². The summed E-state index contributed by atoms with van der Waals surface area (Å²) >= 11 is 0. The van der Waals surface area contributed by atoms with Gasteiger partial charge in [-0.05, 0) is 181 Å². The molecule has 0 radical (unpaired) electrons. The van der Waals surface area contributed by atoms with Crippen molar-refractivity contribution in [3.63, 3.8) is 0 Å². The summed E-state index contributed by atoms with van der Waals surface area (Å²) in [6, 6.07) is 74.9. The van der Waals surface area contributed by atoms with Crippen LogP contribution in [-0.2, 0) is 30.4 Å². The molecule has 0 unspecified atom stereocenters. The summed E-state index contributed by atoms with van der Waals surface area (Å²) in [6.07, 6.45) is 4.43. The predicted molar refractivity (Wildman–Crippen MR) is 461 cm³/mol. The maximum atomic E-state index is 14.5. The highest BCUT2D eigenvalue weighted by Crippen LogP contribution is 2.46. The number of carbonyl (C=O) groups is 5. The molecule has 4 N–H and O–H groups in total. The number of fused-ring (bicyclic) bond motifs is 2. The maximum Gasteiger partial charge on any atom is 0.308 e. The second-order valence-corrected chi connectivity index (χ2v) is 30.9. The van der Waals surface area contributed by atoms with E-state index in [0.29, 0.717) is 53.6 Å². The van der Waals surface area contributed by atoms with Crippen molar-refractivity contribution in [3.05, 3.63) is 276 Å². The molecule has 0 aliphatic carbocycles. The number of rotatable bonds is 22. The fourth-order valence-corrected chi connectivity index (χ4v) is 16.9. The summed E-state index contributed by atoms with van der Waals surface area (Å²) in [6.45, 7) is 14.8. The van der Waals surface area contributed by atoms with Crippen LogP contribution in [0.25, 0.3) is 0 Å². The number of aryl methyl sites for hydroxylation is 2. The first kappa shape index (κ1) is 91.6. The Kier molecular flexibility index (Phi) is 35.1. The van der Waals surface area contributed by atoms with Crippen LogP contribution in [-0.4, -0.2) is 189 Å². The van der Waals surface area contributed by atoms with Crippen LogP contribution in [0.4, 0.5) is 10.1 Å². The van der Waals surface area contributed by atoms with E-state index in [9.17, 15) is 48.8 Å². The van der Waals surface area contributed by atoms with Gasteiger partial charge in [-0.3, -0.25) is 28.9 Å². The van der Waals surface area contributed by atoms with Crippen molar-refractivity contribution in [2.75, 3.05) is 93.7 Å². The molecule has 12 atom stereocenters. The molecule has 0 aromatic heterocycles. The number of halogens is 1. The number of carbonyl (C=O) groups excluding carboxylic acids is 1. The standard InChI is InChI=1S/C37H43FN2O7.3C14H19NO3.3C6H6/c1-4-7-26(8-5-2)40(27-13-14-29(38)23(3)17-27)34(41)20-39-19-28(25-12-16-31-33(18-25)46-21-44-31)35(37(42)43)30(39)15-11-24-9-6-10-32-36(24)47-22-45-32;3*1-9-13(14(16)17)12(8-15(9)2)10-4-6-11(18-3)7-5-10;3*1-2-4-6-5-3-1/h6,9-10,12-14,16-18,26,28,30,35H,4-5,7-8,11,15,19-22H2,1-3H3,(H,42,43);3*4-7,9,12-13H,8H2,1-3H3,(H,16,17);3*1-6H/t28-,30+,35-;3*9-,12+,13-;;;/m1000.../s1. The molecule has 9 aromatic rings. The summed E-state index contributed by atoms with van der Waals surface area (Å²) in [7, 11) is 10.8. The summed E-state index contributed by atoms with van der Waals surface area (Å²) in [5.41, 5.74) is 6.12. The van der Waals surface area contributed by atoms with E-state index in [-0.39, 0.29) is 97.4 Å². The van der Waals surface area contributed by atoms with Gasteiger partial charge in [-0.15, -0.1) is 0 Å². The minimum absolute atomic E-state index is 0.0301. The number of methoxy groups -OCH3 is 3. The second-order valence-electron chi connectivity index (χ2n) is 30.9. The Labute approximate surface area is 700 Å². The molecule has 0 spiro atoms. The van der Waals surface area contributed by atoms with Crippen molar-refractivity contribution in [1.29, 1.82) is 0 Å². The van der Waals surface area contributed by atoms with Crippen molar-refractivity contribution in [1.82, 2.24) is 19.6 Å². The maximum absolute atomic E-state index is 14.5. The van der Waals surface area contributed by atoms with Crippen LogP contribution in [0.1, 0.15) is 124 Å². The number of amides is 1. The molecule has 22 heteroatoms. The largest absolute Gasteiger partial charge is 0.497 e. The molecule has 0 saturated carbocycles. The molecular weight excluding hydrogens is 1510 g/mol. The fraction of sp³-hybridized carbons (Fsp3) is 0.392. The first-order chi connectivity index (χ1) is 57.4. The first-order valence-electron chi connectivity index (χ1n) is 40.9. The molecule has 6 aliphatic rings. The number of benzene rings is 9. The van der Waals surface area contributed by atoms with E-state index in [1.807, 2.05) is 270 Å². The number of likely N-dealkylation sites (tertiary alicyclic amines) is 4. The molecule has 634 valence electrons. The molecule has 9 aromatic carbocycles. The lowest BCUT2D eigenvalue weighted by Gasteiger charge is -2.35. The summed E-state index contributed by atoms with van der Waals surface area (Å²) in [5.74, 6) is -0.569. The van der Waals surface area contributed by atoms with Gasteiger partial charge in [0.1, 0.15) is 23.1 Å². The highest BCUT2D eigenvalue weighted by atomic mass is 19.1. The third kappa shape index (κ3) is 24.7. The molecule has 15 rings (SSSR count). The zero-order chi connectivity index (χ0) is 85.7. The van der Waals surface area contributed by atoms with Crippen molar-refractivity contribution in [2.45, 2.75) is 134 Å². The number of anilines is 1. The fourth-order valence-electron chi connectivity index (χ4n) is 16.9. The monoisotopic (exact) mass is 1630 g/mol. The van der Waals surface area contributed by atoms with Gasteiger partial charge in [-0.2, -0.15) is 0 Å². The molecule has 6 heterocycles. The number of carboxylic acid groups (broad SMARTS) is 4. The van der Waals surface area contributed by atoms with Crippen LogP contribution in [0.3, 0.4) is 0 Å². The third-order valence-corrected chi connectivity index (χ3v) is 23.6. The molecule has 21 nitrogen and oxygen atoms in total. The van der Waals surface area contributed by atoms with E-state index in [0.717, 1.165) is 90.4 Å². The van der Waals surface area contributed by atoms with Gasteiger partial charge in [0.15, 0.2) is 23.0 Å². The number of hydrogen-bond donors (Lipinski definition) is 4. The van der Waals surface area contributed by atoms with Crippen LogP contribution >= 0.6 is 0 Å². The average molecular weight is 1630 g/mol. The van der Waals surface area contributed by atoms with Crippen LogP contribution in [0.2, 0.25) is 0 Å². The summed E-state index contributed by atoms with van der Waals surface area (Å²) in [4.78, 5) is 72.0. The van der Waals surface area contributed by atoms with Gasteiger partial charge >= 0.3 is 23.9 Å². The van der Waals surface area contributed by atoms with Crippen molar-refractivity contribution in [3.8, 4) is 40.2 Å². The molecule has 4 fully saturated rings. The number of hydrogen-bond acceptors (Lipinski definition) is 16.